The molecule has 2 aliphatic rings. The lowest BCUT2D eigenvalue weighted by atomic mass is 10.1. The molecule has 2 saturated carbocycles. The number of rotatable bonds is 5. The molecular formula is C17H20N2O4. The van der Waals surface area contributed by atoms with Crippen LogP contribution in [0, 0.1) is 0 Å². The summed E-state index contributed by atoms with van der Waals surface area (Å²) in [7, 11) is 3.12. The molecule has 0 amide bonds. The number of carbonyl (C=O) groups excluding carboxylic acids is 1. The van der Waals surface area contributed by atoms with Crippen molar-refractivity contribution in [3.8, 4) is 5.75 Å². The van der Waals surface area contributed by atoms with E-state index in [0.29, 0.717) is 11.3 Å². The van der Waals surface area contributed by atoms with Gasteiger partial charge >= 0.3 is 5.97 Å². The number of methoxy groups -OCH3 is 2. The third-order valence-electron chi connectivity index (χ3n) is 5.00. The van der Waals surface area contributed by atoms with Crippen molar-refractivity contribution >= 4 is 11.6 Å². The number of hydrogen-bond donors (Lipinski definition) is 0. The zero-order chi connectivity index (χ0) is 16.4. The molecule has 0 N–H and O–H groups in total. The van der Waals surface area contributed by atoms with Gasteiger partial charge in [-0.15, -0.1) is 0 Å². The topological polar surface area (TPSA) is 62.1 Å². The van der Waals surface area contributed by atoms with Crippen LogP contribution in [0.1, 0.15) is 42.7 Å². The average Bonchev–Trinajstić information content (AvgIpc) is 3.28. The fourth-order valence-corrected chi connectivity index (χ4v) is 3.45. The van der Waals surface area contributed by atoms with Gasteiger partial charge in [-0.2, -0.15) is 0 Å². The van der Waals surface area contributed by atoms with Crippen LogP contribution >= 0.6 is 0 Å². The number of nitrogens with zero attached hydrogens (tertiary/aromatic N) is 2. The van der Waals surface area contributed by atoms with Gasteiger partial charge in [0.25, 0.3) is 0 Å². The maximum atomic E-state index is 12.0. The highest BCUT2D eigenvalue weighted by Crippen LogP contribution is 2.80. The Labute approximate surface area is 134 Å². The van der Waals surface area contributed by atoms with Crippen LogP contribution in [0.4, 0.5) is 0 Å². The molecule has 0 atom stereocenters. The summed E-state index contributed by atoms with van der Waals surface area (Å²) in [5.74, 6) is 0.0821. The molecule has 0 spiro atoms. The SMILES string of the molecule is COC(=O)c1cn2cc(C34CC3(OC)C4)nc2cc1OC(C)C. The molecule has 4 rings (SSSR count). The molecule has 23 heavy (non-hydrogen) atoms. The van der Waals surface area contributed by atoms with E-state index in [1.807, 2.05) is 24.4 Å². The fourth-order valence-electron chi connectivity index (χ4n) is 3.45. The van der Waals surface area contributed by atoms with Gasteiger partial charge in [0.05, 0.1) is 24.5 Å². The van der Waals surface area contributed by atoms with E-state index in [2.05, 4.69) is 0 Å². The molecule has 0 saturated heterocycles. The molecule has 0 aromatic carbocycles. The molecule has 6 heteroatoms. The smallest absolute Gasteiger partial charge is 0.343 e. The van der Waals surface area contributed by atoms with E-state index in [-0.39, 0.29) is 17.1 Å². The van der Waals surface area contributed by atoms with Crippen molar-refractivity contribution in [3.05, 3.63) is 29.7 Å². The molecule has 2 heterocycles. The molecule has 2 aliphatic carbocycles. The summed E-state index contributed by atoms with van der Waals surface area (Å²) in [6.45, 7) is 3.84. The summed E-state index contributed by atoms with van der Waals surface area (Å²) >= 11 is 0. The first-order valence-corrected chi connectivity index (χ1v) is 7.78. The van der Waals surface area contributed by atoms with Gasteiger partial charge in [0.2, 0.25) is 0 Å². The van der Waals surface area contributed by atoms with Crippen LogP contribution in [-0.2, 0) is 14.9 Å². The first kappa shape index (κ1) is 14.5. The van der Waals surface area contributed by atoms with Crippen molar-refractivity contribution in [3.63, 3.8) is 0 Å². The van der Waals surface area contributed by atoms with Crippen molar-refractivity contribution < 1.29 is 19.0 Å². The number of imidazole rings is 1. The number of aromatic nitrogens is 2. The Morgan fingerprint density at radius 1 is 1.30 bits per heavy atom. The highest BCUT2D eigenvalue weighted by Gasteiger charge is 2.86. The van der Waals surface area contributed by atoms with Crippen molar-refractivity contribution in [1.29, 1.82) is 0 Å². The lowest BCUT2D eigenvalue weighted by Crippen LogP contribution is -2.12. The van der Waals surface area contributed by atoms with E-state index in [0.717, 1.165) is 24.2 Å². The van der Waals surface area contributed by atoms with Crippen LogP contribution in [0.25, 0.3) is 5.65 Å². The number of carbonyl (C=O) groups is 1. The van der Waals surface area contributed by atoms with E-state index in [4.69, 9.17) is 19.2 Å². The Kier molecular flexibility index (Phi) is 2.82. The first-order chi connectivity index (χ1) is 10.9. The van der Waals surface area contributed by atoms with Crippen molar-refractivity contribution in [1.82, 2.24) is 9.38 Å². The van der Waals surface area contributed by atoms with Crippen LogP contribution in [0.2, 0.25) is 0 Å². The molecule has 2 aromatic heterocycles. The Balaban J connectivity index is 1.78. The average molecular weight is 316 g/mol. The second kappa shape index (κ2) is 4.47. The summed E-state index contributed by atoms with van der Waals surface area (Å²) in [4.78, 5) is 16.8. The predicted molar refractivity (Wildman–Crippen MR) is 82.9 cm³/mol. The van der Waals surface area contributed by atoms with Gasteiger partial charge in [0, 0.05) is 31.0 Å². The Morgan fingerprint density at radius 3 is 2.61 bits per heavy atom. The van der Waals surface area contributed by atoms with E-state index in [1.54, 1.807) is 19.4 Å². The number of esters is 1. The molecule has 0 unspecified atom stereocenters. The van der Waals surface area contributed by atoms with Crippen LogP contribution in [0.15, 0.2) is 18.5 Å². The van der Waals surface area contributed by atoms with Crippen molar-refractivity contribution in [2.45, 2.75) is 43.8 Å². The van der Waals surface area contributed by atoms with Gasteiger partial charge in [-0.1, -0.05) is 0 Å². The summed E-state index contributed by atoms with van der Waals surface area (Å²) < 4.78 is 18.1. The second-order valence-corrected chi connectivity index (χ2v) is 6.74. The second-order valence-electron chi connectivity index (χ2n) is 6.74. The molecule has 2 fully saturated rings. The van der Waals surface area contributed by atoms with Gasteiger partial charge in [0.15, 0.2) is 0 Å². The largest absolute Gasteiger partial charge is 0.490 e. The standard InChI is InChI=1S/C17H20N2O4/c1-10(2)23-12-5-14-18-13(16-8-17(16,9-16)22-4)7-19(14)6-11(12)15(20)21-3/h5-7,10H,8-9H2,1-4H3. The Bertz CT molecular complexity index is 802. The number of hydrogen-bond acceptors (Lipinski definition) is 5. The summed E-state index contributed by atoms with van der Waals surface area (Å²) in [6, 6.07) is 1.80. The van der Waals surface area contributed by atoms with Gasteiger partial charge in [-0.25, -0.2) is 9.78 Å². The number of fused-ring (bicyclic) bond motifs is 2. The Hall–Kier alpha value is -2.08. The van der Waals surface area contributed by atoms with Crippen LogP contribution in [-0.4, -0.2) is 41.3 Å². The third-order valence-corrected chi connectivity index (χ3v) is 5.00. The lowest BCUT2D eigenvalue weighted by molar-refractivity contribution is 0.0593. The van der Waals surface area contributed by atoms with Crippen LogP contribution < -0.4 is 4.74 Å². The van der Waals surface area contributed by atoms with E-state index < -0.39 is 5.97 Å². The van der Waals surface area contributed by atoms with Gasteiger partial charge in [0.1, 0.15) is 17.0 Å². The van der Waals surface area contributed by atoms with E-state index in [9.17, 15) is 4.79 Å². The summed E-state index contributed by atoms with van der Waals surface area (Å²) in [5.41, 5.74) is 2.28. The van der Waals surface area contributed by atoms with Crippen molar-refractivity contribution in [2.24, 2.45) is 0 Å². The summed E-state index contributed by atoms with van der Waals surface area (Å²) in [5, 5.41) is 0. The third kappa shape index (κ3) is 1.91. The molecule has 2 aromatic rings. The van der Waals surface area contributed by atoms with Crippen LogP contribution in [0.5, 0.6) is 5.75 Å². The molecule has 0 bridgehead atoms. The lowest BCUT2D eigenvalue weighted by Gasteiger charge is -2.13. The predicted octanol–water partition coefficient (Wildman–Crippen LogP) is 2.34. The molecular weight excluding hydrogens is 296 g/mol. The molecule has 0 radical (unpaired) electrons. The minimum Gasteiger partial charge on any atom is -0.490 e. The highest BCUT2D eigenvalue weighted by molar-refractivity contribution is 5.92. The van der Waals surface area contributed by atoms with Gasteiger partial charge < -0.3 is 18.6 Å². The van der Waals surface area contributed by atoms with Gasteiger partial charge in [-0.05, 0) is 26.7 Å². The molecule has 0 aliphatic heterocycles. The molecule has 122 valence electrons. The minimum atomic E-state index is -0.417. The summed E-state index contributed by atoms with van der Waals surface area (Å²) in [6.07, 6.45) is 5.72. The Morgan fingerprint density at radius 2 is 2.04 bits per heavy atom. The minimum absolute atomic E-state index is 0.00732. The number of pyridine rings is 1. The first-order valence-electron chi connectivity index (χ1n) is 7.78. The maximum absolute atomic E-state index is 12.0. The quantitative estimate of drug-likeness (QED) is 0.792. The zero-order valence-electron chi connectivity index (χ0n) is 13.8. The van der Waals surface area contributed by atoms with Gasteiger partial charge in [-0.3, -0.25) is 0 Å². The maximum Gasteiger partial charge on any atom is 0.343 e. The monoisotopic (exact) mass is 316 g/mol. The molecule has 6 nitrogen and oxygen atoms in total. The fraction of sp³-hybridized carbons (Fsp3) is 0.529. The van der Waals surface area contributed by atoms with Crippen LogP contribution in [0.3, 0.4) is 0 Å². The van der Waals surface area contributed by atoms with Crippen molar-refractivity contribution in [2.75, 3.05) is 14.2 Å². The zero-order valence-corrected chi connectivity index (χ0v) is 13.8. The highest BCUT2D eigenvalue weighted by atomic mass is 16.5. The van der Waals surface area contributed by atoms with E-state index in [1.165, 1.54) is 7.11 Å². The normalized spacial score (nSPS) is 27.9. The van der Waals surface area contributed by atoms with E-state index >= 15 is 0 Å². The number of ether oxygens (including phenoxy) is 3.